The van der Waals surface area contributed by atoms with E-state index in [-0.39, 0.29) is 11.7 Å². The number of aromatic hydroxyl groups is 1. The second-order valence-electron chi connectivity index (χ2n) is 4.09. The third-order valence-electron chi connectivity index (χ3n) is 2.72. The fourth-order valence-electron chi connectivity index (χ4n) is 1.86. The number of rotatable bonds is 1. The van der Waals surface area contributed by atoms with Crippen LogP contribution in [0, 0.1) is 0 Å². The third-order valence-corrected chi connectivity index (χ3v) is 4.35. The Balaban J connectivity index is 2.18. The Hall–Kier alpha value is -0.680. The van der Waals surface area contributed by atoms with Crippen LogP contribution in [0.1, 0.15) is 17.3 Å². The van der Waals surface area contributed by atoms with Gasteiger partial charge in [-0.15, -0.1) is 0 Å². The molecule has 0 bridgehead atoms. The molecule has 0 radical (unpaired) electrons. The fraction of sp³-hybridized carbons (Fsp3) is 0.417. The van der Waals surface area contributed by atoms with E-state index in [1.165, 1.54) is 0 Å². The van der Waals surface area contributed by atoms with E-state index in [4.69, 9.17) is 0 Å². The van der Waals surface area contributed by atoms with Crippen LogP contribution in [-0.2, 0) is 0 Å². The van der Waals surface area contributed by atoms with Gasteiger partial charge in [-0.05, 0) is 18.2 Å². The quantitative estimate of drug-likeness (QED) is 0.866. The van der Waals surface area contributed by atoms with Gasteiger partial charge in [0.1, 0.15) is 5.75 Å². The van der Waals surface area contributed by atoms with Crippen LogP contribution >= 0.6 is 27.7 Å². The van der Waals surface area contributed by atoms with Gasteiger partial charge in [0.15, 0.2) is 0 Å². The van der Waals surface area contributed by atoms with Gasteiger partial charge in [-0.2, -0.15) is 11.8 Å². The van der Waals surface area contributed by atoms with E-state index in [1.807, 2.05) is 16.7 Å². The van der Waals surface area contributed by atoms with E-state index in [0.29, 0.717) is 10.8 Å². The summed E-state index contributed by atoms with van der Waals surface area (Å²) >= 11 is 5.14. The molecule has 5 heteroatoms. The van der Waals surface area contributed by atoms with E-state index < -0.39 is 0 Å². The Labute approximate surface area is 113 Å². The van der Waals surface area contributed by atoms with E-state index in [2.05, 4.69) is 22.9 Å². The first-order valence-electron chi connectivity index (χ1n) is 5.47. The molecule has 1 atom stereocenters. The van der Waals surface area contributed by atoms with E-state index in [0.717, 1.165) is 23.3 Å². The molecule has 1 unspecified atom stereocenters. The molecule has 1 saturated heterocycles. The summed E-state index contributed by atoms with van der Waals surface area (Å²) in [6.07, 6.45) is 0. The summed E-state index contributed by atoms with van der Waals surface area (Å²) in [6.45, 7) is 3.62. The minimum absolute atomic E-state index is 0.0373. The van der Waals surface area contributed by atoms with Crippen molar-refractivity contribution < 1.29 is 9.90 Å². The molecule has 1 amide bonds. The maximum atomic E-state index is 12.2. The van der Waals surface area contributed by atoms with Crippen LogP contribution in [0.3, 0.4) is 0 Å². The molecule has 0 saturated carbocycles. The Kier molecular flexibility index (Phi) is 3.99. The van der Waals surface area contributed by atoms with E-state index >= 15 is 0 Å². The number of halogens is 1. The number of carbonyl (C=O) groups is 1. The molecule has 3 nitrogen and oxygen atoms in total. The van der Waals surface area contributed by atoms with Gasteiger partial charge < -0.3 is 10.0 Å². The van der Waals surface area contributed by atoms with Crippen molar-refractivity contribution in [2.24, 2.45) is 0 Å². The van der Waals surface area contributed by atoms with Crippen molar-refractivity contribution in [3.63, 3.8) is 0 Å². The lowest BCUT2D eigenvalue weighted by atomic mass is 10.1. The van der Waals surface area contributed by atoms with Crippen LogP contribution in [0.25, 0.3) is 0 Å². The van der Waals surface area contributed by atoms with Gasteiger partial charge in [0.25, 0.3) is 5.91 Å². The summed E-state index contributed by atoms with van der Waals surface area (Å²) in [5, 5.41) is 10.2. The summed E-state index contributed by atoms with van der Waals surface area (Å²) in [7, 11) is 0. The Morgan fingerprint density at radius 3 is 3.00 bits per heavy atom. The van der Waals surface area contributed by atoms with Crippen LogP contribution in [0.15, 0.2) is 22.7 Å². The van der Waals surface area contributed by atoms with Crippen LogP contribution < -0.4 is 0 Å². The largest absolute Gasteiger partial charge is 0.507 e. The number of benzene rings is 1. The Morgan fingerprint density at radius 1 is 1.59 bits per heavy atom. The second-order valence-corrected chi connectivity index (χ2v) is 6.56. The number of nitrogens with zero attached hydrogens (tertiary/aromatic N) is 1. The predicted octanol–water partition coefficient (Wildman–Crippen LogP) is 2.73. The van der Waals surface area contributed by atoms with Gasteiger partial charge in [-0.25, -0.2) is 0 Å². The zero-order valence-corrected chi connectivity index (χ0v) is 11.9. The van der Waals surface area contributed by atoms with E-state index in [9.17, 15) is 9.90 Å². The van der Waals surface area contributed by atoms with Crippen molar-refractivity contribution in [1.29, 1.82) is 0 Å². The van der Waals surface area contributed by atoms with Crippen molar-refractivity contribution in [2.45, 2.75) is 12.2 Å². The third kappa shape index (κ3) is 2.96. The van der Waals surface area contributed by atoms with Crippen LogP contribution in [0.4, 0.5) is 0 Å². The topological polar surface area (TPSA) is 40.5 Å². The van der Waals surface area contributed by atoms with Crippen molar-refractivity contribution in [1.82, 2.24) is 4.90 Å². The van der Waals surface area contributed by atoms with Gasteiger partial charge >= 0.3 is 0 Å². The fourth-order valence-corrected chi connectivity index (χ4v) is 3.22. The molecule has 2 rings (SSSR count). The molecule has 1 aromatic carbocycles. The monoisotopic (exact) mass is 315 g/mol. The first-order chi connectivity index (χ1) is 8.08. The summed E-state index contributed by atoms with van der Waals surface area (Å²) in [6, 6.07) is 4.98. The lowest BCUT2D eigenvalue weighted by molar-refractivity contribution is 0.0760. The minimum atomic E-state index is -0.0813. The second kappa shape index (κ2) is 5.31. The van der Waals surface area contributed by atoms with Gasteiger partial charge in [-0.3, -0.25) is 4.79 Å². The van der Waals surface area contributed by atoms with Crippen LogP contribution in [0.5, 0.6) is 5.75 Å². The van der Waals surface area contributed by atoms with Gasteiger partial charge in [0, 0.05) is 28.6 Å². The highest BCUT2D eigenvalue weighted by molar-refractivity contribution is 9.10. The molecule has 0 aliphatic carbocycles. The highest BCUT2D eigenvalue weighted by Gasteiger charge is 2.24. The minimum Gasteiger partial charge on any atom is -0.507 e. The van der Waals surface area contributed by atoms with Gasteiger partial charge in [-0.1, -0.05) is 22.9 Å². The van der Waals surface area contributed by atoms with Crippen molar-refractivity contribution in [3.8, 4) is 5.75 Å². The number of hydrogen-bond acceptors (Lipinski definition) is 3. The van der Waals surface area contributed by atoms with Gasteiger partial charge in [0.05, 0.1) is 5.56 Å². The number of phenols is 1. The van der Waals surface area contributed by atoms with Crippen molar-refractivity contribution in [3.05, 3.63) is 28.2 Å². The van der Waals surface area contributed by atoms with E-state index in [1.54, 1.807) is 18.2 Å². The summed E-state index contributed by atoms with van der Waals surface area (Å²) in [4.78, 5) is 14.0. The Morgan fingerprint density at radius 2 is 2.35 bits per heavy atom. The number of hydrogen-bond donors (Lipinski definition) is 1. The molecule has 17 heavy (non-hydrogen) atoms. The molecule has 1 fully saturated rings. The smallest absolute Gasteiger partial charge is 0.257 e. The van der Waals surface area contributed by atoms with Crippen LogP contribution in [0.2, 0.25) is 0 Å². The molecular weight excluding hydrogens is 302 g/mol. The number of amides is 1. The highest BCUT2D eigenvalue weighted by atomic mass is 79.9. The molecular formula is C12H14BrNO2S. The van der Waals surface area contributed by atoms with Crippen LogP contribution in [-0.4, -0.2) is 40.0 Å². The lowest BCUT2D eigenvalue weighted by Gasteiger charge is -2.30. The van der Waals surface area contributed by atoms with Crippen molar-refractivity contribution >= 4 is 33.6 Å². The highest BCUT2D eigenvalue weighted by Crippen LogP contribution is 2.25. The summed E-state index contributed by atoms with van der Waals surface area (Å²) < 4.78 is 0.772. The van der Waals surface area contributed by atoms with Crippen molar-refractivity contribution in [2.75, 3.05) is 18.8 Å². The molecule has 1 aromatic rings. The Bertz CT molecular complexity index is 439. The normalized spacial score (nSPS) is 20.4. The maximum absolute atomic E-state index is 12.2. The number of phenolic OH excluding ortho intramolecular Hbond substituents is 1. The maximum Gasteiger partial charge on any atom is 0.257 e. The summed E-state index contributed by atoms with van der Waals surface area (Å²) in [5.41, 5.74) is 0.382. The zero-order chi connectivity index (χ0) is 12.4. The average molecular weight is 316 g/mol. The first kappa shape index (κ1) is 12.8. The molecule has 92 valence electrons. The summed E-state index contributed by atoms with van der Waals surface area (Å²) in [5.74, 6) is 0.918. The molecule has 1 heterocycles. The molecule has 0 spiro atoms. The molecule has 0 aromatic heterocycles. The molecule has 1 aliphatic rings. The standard InChI is InChI=1S/C12H14BrNO2S/c1-8-7-14(4-5-17-8)12(16)10-3-2-9(13)6-11(10)15/h2-3,6,8,15H,4-5,7H2,1H3. The number of carbonyl (C=O) groups excluding carboxylic acids is 1. The predicted molar refractivity (Wildman–Crippen MR) is 73.6 cm³/mol. The molecule has 1 aliphatic heterocycles. The SMILES string of the molecule is CC1CN(C(=O)c2ccc(Br)cc2O)CCS1. The lowest BCUT2D eigenvalue weighted by Crippen LogP contribution is -2.41. The first-order valence-corrected chi connectivity index (χ1v) is 7.31. The molecule has 1 N–H and O–H groups in total. The zero-order valence-electron chi connectivity index (χ0n) is 9.52. The average Bonchev–Trinajstić information content (AvgIpc) is 2.28. The number of thioether (sulfide) groups is 1. The van der Waals surface area contributed by atoms with Gasteiger partial charge in [0.2, 0.25) is 0 Å².